The van der Waals surface area contributed by atoms with E-state index in [0.717, 1.165) is 12.1 Å². The predicted molar refractivity (Wildman–Crippen MR) is 57.0 cm³/mol. The van der Waals surface area contributed by atoms with E-state index < -0.39 is 0 Å². The molecule has 1 atom stereocenters. The van der Waals surface area contributed by atoms with Crippen LogP contribution < -0.4 is 5.73 Å². The third kappa shape index (κ3) is 2.16. The first-order chi connectivity index (χ1) is 6.86. The monoisotopic (exact) mass is 205 g/mol. The summed E-state index contributed by atoms with van der Waals surface area (Å²) in [5.41, 5.74) is 8.16. The van der Waals surface area contributed by atoms with Gasteiger partial charge in [-0.3, -0.25) is 0 Å². The lowest BCUT2D eigenvalue weighted by Crippen LogP contribution is -2.14. The number of thiophene rings is 1. The summed E-state index contributed by atoms with van der Waals surface area (Å²) in [6.07, 6.45) is 4.08. The zero-order valence-corrected chi connectivity index (χ0v) is 8.45. The van der Waals surface area contributed by atoms with Crippen molar-refractivity contribution < 1.29 is 0 Å². The maximum absolute atomic E-state index is 6.00. The highest BCUT2D eigenvalue weighted by molar-refractivity contribution is 7.07. The highest BCUT2D eigenvalue weighted by Gasteiger charge is 2.07. The average Bonchev–Trinajstić information content (AvgIpc) is 2.72. The number of rotatable bonds is 3. The van der Waals surface area contributed by atoms with Gasteiger partial charge in [0, 0.05) is 6.20 Å². The average molecular weight is 205 g/mol. The summed E-state index contributed by atoms with van der Waals surface area (Å²) < 4.78 is 0. The number of nitrogens with two attached hydrogens (primary N) is 1. The van der Waals surface area contributed by atoms with Crippen molar-refractivity contribution in [2.45, 2.75) is 12.5 Å². The highest BCUT2D eigenvalue weighted by atomic mass is 32.1. The Bertz CT molecular complexity index is 372. The molecule has 0 radical (unpaired) electrons. The molecule has 2 rings (SSSR count). The molecule has 0 aromatic carbocycles. The number of hydrogen-bond donors (Lipinski definition) is 1. The Morgan fingerprint density at radius 3 is 3.00 bits per heavy atom. The Hall–Kier alpha value is -1.26. The van der Waals surface area contributed by atoms with Crippen LogP contribution in [-0.4, -0.2) is 9.97 Å². The van der Waals surface area contributed by atoms with Crippen molar-refractivity contribution in [3.05, 3.63) is 46.7 Å². The molecular weight excluding hydrogens is 194 g/mol. The van der Waals surface area contributed by atoms with Crippen molar-refractivity contribution in [3.63, 3.8) is 0 Å². The second-order valence-corrected chi connectivity index (χ2v) is 3.86. The van der Waals surface area contributed by atoms with Crippen LogP contribution in [-0.2, 0) is 6.42 Å². The first-order valence-electron chi connectivity index (χ1n) is 4.39. The van der Waals surface area contributed by atoms with E-state index in [1.165, 1.54) is 11.9 Å². The minimum Gasteiger partial charge on any atom is -0.322 e. The van der Waals surface area contributed by atoms with Gasteiger partial charge in [0.15, 0.2) is 0 Å². The molecule has 0 spiro atoms. The van der Waals surface area contributed by atoms with Crippen LogP contribution in [0.4, 0.5) is 0 Å². The molecule has 0 bridgehead atoms. The van der Waals surface area contributed by atoms with E-state index in [0.29, 0.717) is 0 Å². The fourth-order valence-corrected chi connectivity index (χ4v) is 1.97. The van der Waals surface area contributed by atoms with Crippen LogP contribution >= 0.6 is 11.3 Å². The van der Waals surface area contributed by atoms with Gasteiger partial charge < -0.3 is 5.73 Å². The van der Waals surface area contributed by atoms with E-state index >= 15 is 0 Å². The van der Waals surface area contributed by atoms with Crippen molar-refractivity contribution in [2.24, 2.45) is 5.73 Å². The Kier molecular flexibility index (Phi) is 2.86. The quantitative estimate of drug-likeness (QED) is 0.831. The Morgan fingerprint density at radius 2 is 2.36 bits per heavy atom. The van der Waals surface area contributed by atoms with Gasteiger partial charge in [0.25, 0.3) is 0 Å². The predicted octanol–water partition coefficient (Wildman–Crippen LogP) is 1.78. The van der Waals surface area contributed by atoms with Gasteiger partial charge >= 0.3 is 0 Å². The zero-order chi connectivity index (χ0) is 9.80. The molecule has 0 saturated heterocycles. The maximum Gasteiger partial charge on any atom is 0.115 e. The standard InChI is InChI=1S/C10H11N3S/c11-9(5-8-2-4-14-6-8)10-1-3-12-7-13-10/h1-4,6-7,9H,5,11H2. The summed E-state index contributed by atoms with van der Waals surface area (Å²) in [5, 5.41) is 4.17. The third-order valence-corrected chi connectivity index (χ3v) is 2.75. The lowest BCUT2D eigenvalue weighted by molar-refractivity contribution is 0.694. The van der Waals surface area contributed by atoms with Crippen LogP contribution in [0, 0.1) is 0 Å². The molecule has 1 unspecified atom stereocenters. The summed E-state index contributed by atoms with van der Waals surface area (Å²) in [7, 11) is 0. The molecule has 2 heterocycles. The van der Waals surface area contributed by atoms with Crippen LogP contribution in [0.5, 0.6) is 0 Å². The normalized spacial score (nSPS) is 12.6. The van der Waals surface area contributed by atoms with E-state index in [9.17, 15) is 0 Å². The molecule has 0 aliphatic carbocycles. The summed E-state index contributed by atoms with van der Waals surface area (Å²) in [5.74, 6) is 0. The molecule has 0 amide bonds. The molecule has 0 aliphatic heterocycles. The molecule has 0 fully saturated rings. The minimum absolute atomic E-state index is 0.0346. The zero-order valence-electron chi connectivity index (χ0n) is 7.63. The molecule has 2 N–H and O–H groups in total. The first-order valence-corrected chi connectivity index (χ1v) is 5.33. The summed E-state index contributed by atoms with van der Waals surface area (Å²) in [6.45, 7) is 0. The Labute approximate surface area is 86.6 Å². The topological polar surface area (TPSA) is 51.8 Å². The molecule has 2 aromatic heterocycles. The van der Waals surface area contributed by atoms with Gasteiger partial charge in [0.1, 0.15) is 6.33 Å². The maximum atomic E-state index is 6.00. The van der Waals surface area contributed by atoms with Crippen molar-refractivity contribution in [2.75, 3.05) is 0 Å². The van der Waals surface area contributed by atoms with Gasteiger partial charge in [-0.1, -0.05) is 0 Å². The van der Waals surface area contributed by atoms with Gasteiger partial charge in [-0.05, 0) is 34.9 Å². The fourth-order valence-electron chi connectivity index (χ4n) is 1.29. The van der Waals surface area contributed by atoms with E-state index in [2.05, 4.69) is 26.8 Å². The molecule has 3 nitrogen and oxygen atoms in total. The van der Waals surface area contributed by atoms with Gasteiger partial charge in [0.05, 0.1) is 11.7 Å². The molecule has 14 heavy (non-hydrogen) atoms. The number of aromatic nitrogens is 2. The molecular formula is C10H11N3S. The number of nitrogens with zero attached hydrogens (tertiary/aromatic N) is 2. The first kappa shape index (κ1) is 9.30. The molecule has 72 valence electrons. The van der Waals surface area contributed by atoms with E-state index in [4.69, 9.17) is 5.73 Å². The fraction of sp³-hybridized carbons (Fsp3) is 0.200. The molecule has 2 aromatic rings. The Balaban J connectivity index is 2.07. The lowest BCUT2D eigenvalue weighted by Gasteiger charge is -2.08. The smallest absolute Gasteiger partial charge is 0.115 e. The SMILES string of the molecule is NC(Cc1ccsc1)c1ccncn1. The highest BCUT2D eigenvalue weighted by Crippen LogP contribution is 2.15. The second kappa shape index (κ2) is 4.30. The third-order valence-electron chi connectivity index (χ3n) is 2.02. The van der Waals surface area contributed by atoms with Gasteiger partial charge in [-0.15, -0.1) is 0 Å². The lowest BCUT2D eigenvalue weighted by atomic mass is 10.1. The second-order valence-electron chi connectivity index (χ2n) is 3.08. The van der Waals surface area contributed by atoms with Gasteiger partial charge in [-0.2, -0.15) is 11.3 Å². The molecule has 0 aliphatic rings. The summed E-state index contributed by atoms with van der Waals surface area (Å²) in [6, 6.07) is 3.91. The van der Waals surface area contributed by atoms with Crippen LogP contribution in [0.3, 0.4) is 0 Å². The van der Waals surface area contributed by atoms with Crippen LogP contribution in [0.15, 0.2) is 35.4 Å². The number of hydrogen-bond acceptors (Lipinski definition) is 4. The largest absolute Gasteiger partial charge is 0.322 e. The van der Waals surface area contributed by atoms with Crippen molar-refractivity contribution in [1.82, 2.24) is 9.97 Å². The van der Waals surface area contributed by atoms with E-state index in [1.54, 1.807) is 17.5 Å². The molecule has 4 heteroatoms. The van der Waals surface area contributed by atoms with Gasteiger partial charge in [0.2, 0.25) is 0 Å². The van der Waals surface area contributed by atoms with Crippen molar-refractivity contribution in [3.8, 4) is 0 Å². The molecule has 0 saturated carbocycles. The van der Waals surface area contributed by atoms with E-state index in [1.807, 2.05) is 6.07 Å². The van der Waals surface area contributed by atoms with Crippen molar-refractivity contribution in [1.29, 1.82) is 0 Å². The van der Waals surface area contributed by atoms with Crippen LogP contribution in [0.2, 0.25) is 0 Å². The van der Waals surface area contributed by atoms with Crippen LogP contribution in [0.1, 0.15) is 17.3 Å². The van der Waals surface area contributed by atoms with Crippen molar-refractivity contribution >= 4 is 11.3 Å². The minimum atomic E-state index is -0.0346. The van der Waals surface area contributed by atoms with Gasteiger partial charge in [-0.25, -0.2) is 9.97 Å². The van der Waals surface area contributed by atoms with E-state index in [-0.39, 0.29) is 6.04 Å². The Morgan fingerprint density at radius 1 is 1.43 bits per heavy atom. The summed E-state index contributed by atoms with van der Waals surface area (Å²) >= 11 is 1.69. The summed E-state index contributed by atoms with van der Waals surface area (Å²) in [4.78, 5) is 7.99. The van der Waals surface area contributed by atoms with Crippen LogP contribution in [0.25, 0.3) is 0 Å².